The highest BCUT2D eigenvalue weighted by Crippen LogP contribution is 2.29. The van der Waals surface area contributed by atoms with Crippen LogP contribution < -0.4 is 4.74 Å². The number of hydrogen-bond acceptors (Lipinski definition) is 1. The number of methoxy groups -OCH3 is 1. The lowest BCUT2D eigenvalue weighted by molar-refractivity contribution is 0.369. The maximum Gasteiger partial charge on any atom is 0.165 e. The molecule has 0 aliphatic carbocycles. The average Bonchev–Trinajstić information content (AvgIpc) is 2.16. The lowest BCUT2D eigenvalue weighted by Gasteiger charge is -2.12. The Morgan fingerprint density at radius 3 is 2.69 bits per heavy atom. The zero-order valence-electron chi connectivity index (χ0n) is 7.68. The van der Waals surface area contributed by atoms with Crippen LogP contribution in [0.4, 0.5) is 8.78 Å². The fraction of sp³-hybridized carbons (Fsp3) is 0.400. The van der Waals surface area contributed by atoms with Crippen molar-refractivity contribution in [2.45, 2.75) is 12.8 Å². The summed E-state index contributed by atoms with van der Waals surface area (Å²) in [5, 5.41) is 0. The molecule has 1 atom stereocenters. The Morgan fingerprint density at radius 2 is 2.15 bits per heavy atom. The molecule has 0 heterocycles. The van der Waals surface area contributed by atoms with Gasteiger partial charge in [-0.3, -0.25) is 4.39 Å². The Bertz CT molecular complexity index is 286. The third kappa shape index (κ3) is 1.97. The largest absolute Gasteiger partial charge is 0.493 e. The van der Waals surface area contributed by atoms with Gasteiger partial charge in [0.05, 0.1) is 13.8 Å². The third-order valence-electron chi connectivity index (χ3n) is 1.96. The van der Waals surface area contributed by atoms with E-state index >= 15 is 0 Å². The zero-order valence-corrected chi connectivity index (χ0v) is 7.68. The zero-order chi connectivity index (χ0) is 9.84. The maximum atomic E-state index is 13.1. The fourth-order valence-corrected chi connectivity index (χ4v) is 1.21. The SMILES string of the molecule is COc1c(F)cccc1C(C)CF. The van der Waals surface area contributed by atoms with Crippen LogP contribution in [0.15, 0.2) is 18.2 Å². The maximum absolute atomic E-state index is 13.1. The first-order chi connectivity index (χ1) is 6.20. The molecule has 0 saturated heterocycles. The van der Waals surface area contributed by atoms with E-state index < -0.39 is 12.5 Å². The lowest BCUT2D eigenvalue weighted by Crippen LogP contribution is -2.01. The average molecular weight is 186 g/mol. The molecule has 0 aliphatic rings. The molecule has 1 aromatic rings. The molecule has 1 unspecified atom stereocenters. The Morgan fingerprint density at radius 1 is 1.46 bits per heavy atom. The van der Waals surface area contributed by atoms with Crippen molar-refractivity contribution in [3.05, 3.63) is 29.6 Å². The van der Waals surface area contributed by atoms with Crippen LogP contribution in [-0.2, 0) is 0 Å². The van der Waals surface area contributed by atoms with E-state index in [0.717, 1.165) is 0 Å². The molecule has 13 heavy (non-hydrogen) atoms. The molecule has 0 N–H and O–H groups in total. The Balaban J connectivity index is 3.12. The first kappa shape index (κ1) is 9.96. The molecular formula is C10H12F2O. The molecule has 0 amide bonds. The fourth-order valence-electron chi connectivity index (χ4n) is 1.21. The second-order valence-corrected chi connectivity index (χ2v) is 2.92. The van der Waals surface area contributed by atoms with E-state index in [4.69, 9.17) is 4.74 Å². The van der Waals surface area contributed by atoms with Gasteiger partial charge in [-0.25, -0.2) is 4.39 Å². The van der Waals surface area contributed by atoms with Gasteiger partial charge >= 0.3 is 0 Å². The van der Waals surface area contributed by atoms with Gasteiger partial charge < -0.3 is 4.74 Å². The van der Waals surface area contributed by atoms with Crippen LogP contribution in [0.25, 0.3) is 0 Å². The number of ether oxygens (including phenoxy) is 1. The van der Waals surface area contributed by atoms with Crippen molar-refractivity contribution in [3.63, 3.8) is 0 Å². The standard InChI is InChI=1S/C10H12F2O/c1-7(6-11)8-4-3-5-9(12)10(8)13-2/h3-5,7H,6H2,1-2H3. The summed E-state index contributed by atoms with van der Waals surface area (Å²) >= 11 is 0. The minimum absolute atomic E-state index is 0.146. The molecule has 1 nitrogen and oxygen atoms in total. The molecule has 72 valence electrons. The minimum atomic E-state index is -0.514. The van der Waals surface area contributed by atoms with Crippen LogP contribution in [-0.4, -0.2) is 13.8 Å². The predicted molar refractivity (Wildman–Crippen MR) is 47.3 cm³/mol. The van der Waals surface area contributed by atoms with E-state index in [1.54, 1.807) is 19.1 Å². The molecule has 0 saturated carbocycles. The second-order valence-electron chi connectivity index (χ2n) is 2.92. The van der Waals surface area contributed by atoms with Crippen molar-refractivity contribution in [1.29, 1.82) is 0 Å². The van der Waals surface area contributed by atoms with Crippen LogP contribution >= 0.6 is 0 Å². The van der Waals surface area contributed by atoms with Gasteiger partial charge in [0.15, 0.2) is 11.6 Å². The molecule has 0 radical (unpaired) electrons. The summed E-state index contributed by atoms with van der Waals surface area (Å²) in [6.07, 6.45) is 0. The van der Waals surface area contributed by atoms with Gasteiger partial charge in [-0.2, -0.15) is 0 Å². The first-order valence-electron chi connectivity index (χ1n) is 4.09. The number of rotatable bonds is 3. The van der Waals surface area contributed by atoms with E-state index in [2.05, 4.69) is 0 Å². The number of hydrogen-bond donors (Lipinski definition) is 0. The van der Waals surface area contributed by atoms with Crippen LogP contribution in [0.3, 0.4) is 0 Å². The smallest absolute Gasteiger partial charge is 0.165 e. The molecule has 0 aliphatic heterocycles. The van der Waals surface area contributed by atoms with Gasteiger partial charge in [0.1, 0.15) is 0 Å². The predicted octanol–water partition coefficient (Wildman–Crippen LogP) is 2.91. The van der Waals surface area contributed by atoms with Crippen molar-refractivity contribution in [3.8, 4) is 5.75 Å². The molecule has 0 bridgehead atoms. The van der Waals surface area contributed by atoms with E-state index in [1.807, 2.05) is 0 Å². The van der Waals surface area contributed by atoms with Crippen molar-refractivity contribution in [1.82, 2.24) is 0 Å². The van der Waals surface area contributed by atoms with E-state index in [0.29, 0.717) is 5.56 Å². The highest BCUT2D eigenvalue weighted by molar-refractivity contribution is 5.37. The van der Waals surface area contributed by atoms with Crippen molar-refractivity contribution in [2.24, 2.45) is 0 Å². The highest BCUT2D eigenvalue weighted by atomic mass is 19.1. The van der Waals surface area contributed by atoms with E-state index in [1.165, 1.54) is 13.2 Å². The van der Waals surface area contributed by atoms with Gasteiger partial charge in [0.2, 0.25) is 0 Å². The third-order valence-corrected chi connectivity index (χ3v) is 1.96. The Hall–Kier alpha value is -1.12. The van der Waals surface area contributed by atoms with Crippen molar-refractivity contribution in [2.75, 3.05) is 13.8 Å². The molecule has 0 spiro atoms. The minimum Gasteiger partial charge on any atom is -0.493 e. The van der Waals surface area contributed by atoms with Crippen molar-refractivity contribution >= 4 is 0 Å². The Labute approximate surface area is 76.3 Å². The van der Waals surface area contributed by atoms with E-state index in [9.17, 15) is 8.78 Å². The van der Waals surface area contributed by atoms with Gasteiger partial charge in [0.25, 0.3) is 0 Å². The van der Waals surface area contributed by atoms with E-state index in [-0.39, 0.29) is 11.7 Å². The van der Waals surface area contributed by atoms with Crippen molar-refractivity contribution < 1.29 is 13.5 Å². The van der Waals surface area contributed by atoms with Gasteiger partial charge in [-0.1, -0.05) is 19.1 Å². The van der Waals surface area contributed by atoms with Crippen LogP contribution in [0.5, 0.6) is 5.75 Å². The van der Waals surface area contributed by atoms with Gasteiger partial charge in [-0.05, 0) is 6.07 Å². The van der Waals surface area contributed by atoms with Crippen LogP contribution in [0.2, 0.25) is 0 Å². The number of halogens is 2. The Kier molecular flexibility index (Phi) is 3.23. The molecule has 0 fully saturated rings. The summed E-state index contributed by atoms with van der Waals surface area (Å²) in [7, 11) is 1.38. The summed E-state index contributed by atoms with van der Waals surface area (Å²) in [5.41, 5.74) is 0.574. The molecule has 1 rings (SSSR count). The number of alkyl halides is 1. The topological polar surface area (TPSA) is 9.23 Å². The normalized spacial score (nSPS) is 12.6. The van der Waals surface area contributed by atoms with Gasteiger partial charge in [0, 0.05) is 11.5 Å². The van der Waals surface area contributed by atoms with Crippen LogP contribution in [0.1, 0.15) is 18.4 Å². The highest BCUT2D eigenvalue weighted by Gasteiger charge is 2.14. The number of benzene rings is 1. The lowest BCUT2D eigenvalue weighted by atomic mass is 10.0. The van der Waals surface area contributed by atoms with Crippen LogP contribution in [0, 0.1) is 5.82 Å². The first-order valence-corrected chi connectivity index (χ1v) is 4.09. The summed E-state index contributed by atoms with van der Waals surface area (Å²) in [6.45, 7) is 1.18. The van der Waals surface area contributed by atoms with Gasteiger partial charge in [-0.15, -0.1) is 0 Å². The second kappa shape index (κ2) is 4.21. The summed E-state index contributed by atoms with van der Waals surface area (Å²) in [6, 6.07) is 4.53. The monoisotopic (exact) mass is 186 g/mol. The summed E-state index contributed by atoms with van der Waals surface area (Å²) < 4.78 is 30.3. The molecular weight excluding hydrogens is 174 g/mol. The molecule has 1 aromatic carbocycles. The summed E-state index contributed by atoms with van der Waals surface area (Å²) in [4.78, 5) is 0. The number of para-hydroxylation sites is 1. The summed E-state index contributed by atoms with van der Waals surface area (Å²) in [5.74, 6) is -0.626. The molecule has 0 aromatic heterocycles. The molecule has 3 heteroatoms. The quantitative estimate of drug-likeness (QED) is 0.705.